The van der Waals surface area contributed by atoms with Gasteiger partial charge in [-0.15, -0.1) is 0 Å². The first-order valence-corrected chi connectivity index (χ1v) is 6.92. The highest BCUT2D eigenvalue weighted by Crippen LogP contribution is 1.96. The Bertz CT molecular complexity index is 525. The molecule has 0 bridgehead atoms. The summed E-state index contributed by atoms with van der Waals surface area (Å²) in [6, 6.07) is -4.86. The average molecular weight is 364 g/mol. The van der Waals surface area contributed by atoms with Crippen molar-refractivity contribution in [1.82, 2.24) is 16.0 Å². The summed E-state index contributed by atoms with van der Waals surface area (Å²) in [5.74, 6) is -6.02. The van der Waals surface area contributed by atoms with Crippen LogP contribution in [0.2, 0.25) is 0 Å². The second-order valence-electron chi connectivity index (χ2n) is 4.75. The van der Waals surface area contributed by atoms with Crippen molar-refractivity contribution in [3.05, 3.63) is 0 Å². The lowest BCUT2D eigenvalue weighted by Crippen LogP contribution is -2.58. The molecule has 0 heterocycles. The summed E-state index contributed by atoms with van der Waals surface area (Å²) in [5, 5.41) is 41.3. The van der Waals surface area contributed by atoms with Gasteiger partial charge in [0.15, 0.2) is 0 Å². The highest BCUT2D eigenvalue weighted by molar-refractivity contribution is 5.95. The molecule has 13 nitrogen and oxygen atoms in total. The Morgan fingerprint density at radius 2 is 1.28 bits per heavy atom. The molecule has 9 N–H and O–H groups in total. The van der Waals surface area contributed by atoms with E-state index in [-0.39, 0.29) is 0 Å². The Hall–Kier alpha value is -2.77. The summed E-state index contributed by atoms with van der Waals surface area (Å²) in [6.07, 6.45) is -0.814. The minimum atomic E-state index is -1.66. The Kier molecular flexibility index (Phi) is 9.69. The molecule has 0 aliphatic heterocycles. The number of hydrogen-bond donors (Lipinski definition) is 8. The topological polar surface area (TPSA) is 228 Å². The number of carboxylic acid groups (broad SMARTS) is 2. The lowest BCUT2D eigenvalue weighted by Gasteiger charge is -2.22. The molecule has 25 heavy (non-hydrogen) atoms. The third kappa shape index (κ3) is 8.05. The van der Waals surface area contributed by atoms with Crippen LogP contribution in [0.1, 0.15) is 6.42 Å². The molecule has 0 fully saturated rings. The largest absolute Gasteiger partial charge is 0.481 e. The zero-order chi connectivity index (χ0) is 19.6. The quantitative estimate of drug-likeness (QED) is 0.174. The van der Waals surface area contributed by atoms with Crippen molar-refractivity contribution in [2.75, 3.05) is 19.8 Å². The van der Waals surface area contributed by atoms with Crippen molar-refractivity contribution < 1.29 is 44.4 Å². The van der Waals surface area contributed by atoms with Crippen LogP contribution in [0.3, 0.4) is 0 Å². The van der Waals surface area contributed by atoms with Gasteiger partial charge < -0.3 is 42.1 Å². The van der Waals surface area contributed by atoms with Gasteiger partial charge in [-0.2, -0.15) is 0 Å². The molecule has 3 unspecified atom stereocenters. The van der Waals surface area contributed by atoms with Gasteiger partial charge in [-0.25, -0.2) is 4.79 Å². The third-order valence-electron chi connectivity index (χ3n) is 2.83. The summed E-state index contributed by atoms with van der Waals surface area (Å²) in [4.78, 5) is 56.5. The van der Waals surface area contributed by atoms with Gasteiger partial charge in [0.25, 0.3) is 0 Å². The Morgan fingerprint density at radius 3 is 1.68 bits per heavy atom. The Morgan fingerprint density at radius 1 is 0.800 bits per heavy atom. The van der Waals surface area contributed by atoms with Crippen LogP contribution >= 0.6 is 0 Å². The fourth-order valence-electron chi connectivity index (χ4n) is 1.56. The first kappa shape index (κ1) is 22.2. The molecule has 0 rings (SSSR count). The standard InChI is InChI=1S/C12H20N4O9/c13-2-8(19)14-5(1-9(20)21)10(22)15-6(3-17)11(23)16-7(4-18)12(24)25/h5-7,17-18H,1-4,13H2,(H,14,19)(H,15,22)(H,16,23)(H,20,21)(H,24,25). The molecular formula is C12H20N4O9. The zero-order valence-corrected chi connectivity index (χ0v) is 13.0. The lowest BCUT2D eigenvalue weighted by molar-refractivity contribution is -0.144. The molecule has 3 amide bonds. The smallest absolute Gasteiger partial charge is 0.328 e. The predicted molar refractivity (Wildman–Crippen MR) is 78.9 cm³/mol. The number of amides is 3. The number of carbonyl (C=O) groups is 5. The fraction of sp³-hybridized carbons (Fsp3) is 0.583. The van der Waals surface area contributed by atoms with E-state index in [0.717, 1.165) is 0 Å². The van der Waals surface area contributed by atoms with Crippen LogP contribution in [0, 0.1) is 0 Å². The maximum absolute atomic E-state index is 12.0. The molecule has 3 atom stereocenters. The number of hydrogen-bond acceptors (Lipinski definition) is 8. The van der Waals surface area contributed by atoms with E-state index in [0.29, 0.717) is 0 Å². The Balaban J connectivity index is 5.01. The van der Waals surface area contributed by atoms with E-state index >= 15 is 0 Å². The molecule has 142 valence electrons. The van der Waals surface area contributed by atoms with Crippen LogP contribution in [-0.4, -0.2) is 88.0 Å². The van der Waals surface area contributed by atoms with E-state index in [2.05, 4.69) is 0 Å². The first-order chi connectivity index (χ1) is 11.7. The summed E-state index contributed by atoms with van der Waals surface area (Å²) < 4.78 is 0. The van der Waals surface area contributed by atoms with Crippen LogP contribution in [-0.2, 0) is 24.0 Å². The van der Waals surface area contributed by atoms with Crippen LogP contribution in [0.25, 0.3) is 0 Å². The van der Waals surface area contributed by atoms with E-state index in [1.165, 1.54) is 0 Å². The van der Waals surface area contributed by atoms with E-state index in [1.807, 2.05) is 16.0 Å². The molecular weight excluding hydrogens is 344 g/mol. The predicted octanol–water partition coefficient (Wildman–Crippen LogP) is -5.06. The SMILES string of the molecule is NCC(=O)NC(CC(=O)O)C(=O)NC(CO)C(=O)NC(CO)C(=O)O. The molecule has 0 aromatic carbocycles. The van der Waals surface area contributed by atoms with E-state index < -0.39 is 74.0 Å². The minimum absolute atomic E-state index is 0.510. The van der Waals surface area contributed by atoms with Gasteiger partial charge in [0.1, 0.15) is 18.1 Å². The van der Waals surface area contributed by atoms with Crippen LogP contribution < -0.4 is 21.7 Å². The molecule has 0 aliphatic rings. The van der Waals surface area contributed by atoms with Gasteiger partial charge in [0.05, 0.1) is 26.2 Å². The third-order valence-corrected chi connectivity index (χ3v) is 2.83. The number of aliphatic hydroxyl groups excluding tert-OH is 2. The van der Waals surface area contributed by atoms with Crippen molar-refractivity contribution in [1.29, 1.82) is 0 Å². The van der Waals surface area contributed by atoms with E-state index in [4.69, 9.17) is 26.2 Å². The van der Waals surface area contributed by atoms with Gasteiger partial charge in [0.2, 0.25) is 17.7 Å². The molecule has 0 spiro atoms. The number of rotatable bonds is 11. The molecule has 0 aromatic rings. The molecule has 0 radical (unpaired) electrons. The zero-order valence-electron chi connectivity index (χ0n) is 13.0. The maximum atomic E-state index is 12.0. The van der Waals surface area contributed by atoms with E-state index in [9.17, 15) is 24.0 Å². The Labute approximate surface area is 141 Å². The van der Waals surface area contributed by atoms with Crippen molar-refractivity contribution in [2.45, 2.75) is 24.5 Å². The number of nitrogens with one attached hydrogen (secondary N) is 3. The number of aliphatic hydroxyl groups is 2. The summed E-state index contributed by atoms with van der Waals surface area (Å²) in [7, 11) is 0. The maximum Gasteiger partial charge on any atom is 0.328 e. The van der Waals surface area contributed by atoms with Gasteiger partial charge in [0, 0.05) is 0 Å². The second kappa shape index (κ2) is 10.9. The molecule has 13 heteroatoms. The van der Waals surface area contributed by atoms with E-state index in [1.54, 1.807) is 0 Å². The number of nitrogens with two attached hydrogens (primary N) is 1. The first-order valence-electron chi connectivity index (χ1n) is 6.92. The summed E-state index contributed by atoms with van der Waals surface area (Å²) in [5.41, 5.74) is 5.05. The van der Waals surface area contributed by atoms with Gasteiger partial charge in [-0.05, 0) is 0 Å². The highest BCUT2D eigenvalue weighted by Gasteiger charge is 2.29. The lowest BCUT2D eigenvalue weighted by atomic mass is 10.1. The van der Waals surface area contributed by atoms with Crippen molar-refractivity contribution in [3.8, 4) is 0 Å². The average Bonchev–Trinajstić information content (AvgIpc) is 2.55. The van der Waals surface area contributed by atoms with Gasteiger partial charge >= 0.3 is 11.9 Å². The van der Waals surface area contributed by atoms with Crippen molar-refractivity contribution in [2.24, 2.45) is 5.73 Å². The highest BCUT2D eigenvalue weighted by atomic mass is 16.4. The van der Waals surface area contributed by atoms with Crippen molar-refractivity contribution in [3.63, 3.8) is 0 Å². The van der Waals surface area contributed by atoms with Gasteiger partial charge in [-0.1, -0.05) is 0 Å². The molecule has 0 aliphatic carbocycles. The summed E-state index contributed by atoms with van der Waals surface area (Å²) in [6.45, 7) is -2.38. The van der Waals surface area contributed by atoms with Gasteiger partial charge in [-0.3, -0.25) is 19.2 Å². The molecule has 0 saturated carbocycles. The fourth-order valence-corrected chi connectivity index (χ4v) is 1.56. The van der Waals surface area contributed by atoms with Crippen molar-refractivity contribution >= 4 is 29.7 Å². The number of carboxylic acids is 2. The van der Waals surface area contributed by atoms with Crippen LogP contribution in [0.5, 0.6) is 0 Å². The van der Waals surface area contributed by atoms with Crippen LogP contribution in [0.4, 0.5) is 0 Å². The number of carbonyl (C=O) groups excluding carboxylic acids is 3. The monoisotopic (exact) mass is 364 g/mol. The second-order valence-corrected chi connectivity index (χ2v) is 4.75. The molecule has 0 saturated heterocycles. The van der Waals surface area contributed by atoms with Crippen LogP contribution in [0.15, 0.2) is 0 Å². The number of aliphatic carboxylic acids is 2. The normalized spacial score (nSPS) is 13.9. The minimum Gasteiger partial charge on any atom is -0.481 e. The molecule has 0 aromatic heterocycles. The summed E-state index contributed by atoms with van der Waals surface area (Å²) >= 11 is 0.